The van der Waals surface area contributed by atoms with Gasteiger partial charge in [0.2, 0.25) is 19.7 Å². The maximum Gasteiger partial charge on any atom is 0.206 e. The highest BCUT2D eigenvalue weighted by Crippen LogP contribution is 2.44. The molecule has 53 heavy (non-hydrogen) atoms. The summed E-state index contributed by atoms with van der Waals surface area (Å²) in [5, 5.41) is 7.09. The first-order valence-electron chi connectivity index (χ1n) is 18.4. The highest BCUT2D eigenvalue weighted by atomic mass is 32.2. The molecule has 4 atom stereocenters. The van der Waals surface area contributed by atoms with E-state index in [0.29, 0.717) is 18.0 Å². The Morgan fingerprint density at radius 2 is 1.02 bits per heavy atom. The molecule has 0 aliphatic carbocycles. The number of hydrogen-bond donors (Lipinski definition) is 2. The number of rotatable bonds is 6. The van der Waals surface area contributed by atoms with Crippen molar-refractivity contribution in [2.75, 3.05) is 49.9 Å². The molecule has 0 aromatic heterocycles. The van der Waals surface area contributed by atoms with Crippen LogP contribution in [0.15, 0.2) is 98.4 Å². The summed E-state index contributed by atoms with van der Waals surface area (Å²) in [6.45, 7) is 10.5. The van der Waals surface area contributed by atoms with Gasteiger partial charge in [-0.1, -0.05) is 19.9 Å². The molecule has 0 spiro atoms. The fourth-order valence-corrected chi connectivity index (χ4v) is 10.9. The van der Waals surface area contributed by atoms with Crippen LogP contribution in [-0.2, 0) is 19.7 Å². The molecule has 2 N–H and O–H groups in total. The van der Waals surface area contributed by atoms with E-state index in [1.165, 1.54) is 24.3 Å². The first-order chi connectivity index (χ1) is 25.4. The highest BCUT2D eigenvalue weighted by Gasteiger charge is 2.37. The van der Waals surface area contributed by atoms with Gasteiger partial charge in [-0.2, -0.15) is 0 Å². The first kappa shape index (κ1) is 37.4. The first-order valence-corrected chi connectivity index (χ1v) is 21.3. The van der Waals surface area contributed by atoms with Crippen molar-refractivity contribution >= 4 is 31.0 Å². The van der Waals surface area contributed by atoms with Crippen LogP contribution in [0.4, 0.5) is 24.5 Å². The molecule has 8 nitrogen and oxygen atoms in total. The molecule has 13 heteroatoms. The van der Waals surface area contributed by atoms with Gasteiger partial charge >= 0.3 is 0 Å². The molecule has 0 radical (unpaired) electrons. The van der Waals surface area contributed by atoms with Crippen LogP contribution in [0.1, 0.15) is 62.5 Å². The lowest BCUT2D eigenvalue weighted by molar-refractivity contribution is 0.298. The fourth-order valence-electron chi connectivity index (χ4n) is 8.28. The van der Waals surface area contributed by atoms with E-state index in [1.807, 2.05) is 6.07 Å². The third-order valence-corrected chi connectivity index (χ3v) is 14.8. The Morgan fingerprint density at radius 3 is 1.49 bits per heavy atom. The van der Waals surface area contributed by atoms with Gasteiger partial charge in [-0.05, 0) is 136 Å². The SMILES string of the molecule is CCN1CC[C@@H]2c3cc(S(=O)(=O)c4ccc(F)c(F)c4)ccc3N[C@@H]2CC1.CCN1CC[C@@H]2c3cc(S(=O)(=O)c4cccc(F)c4)ccc3N[C@@H]2CC1. The Labute approximate surface area is 310 Å². The maximum absolute atomic E-state index is 13.5. The quantitative estimate of drug-likeness (QED) is 0.196. The molecule has 0 amide bonds. The van der Waals surface area contributed by atoms with Gasteiger partial charge in [0.1, 0.15) is 5.82 Å². The van der Waals surface area contributed by atoms with Crippen molar-refractivity contribution in [1.29, 1.82) is 0 Å². The van der Waals surface area contributed by atoms with Crippen molar-refractivity contribution in [3.05, 3.63) is 107 Å². The van der Waals surface area contributed by atoms with Crippen molar-refractivity contribution in [3.8, 4) is 0 Å². The van der Waals surface area contributed by atoms with Gasteiger partial charge in [0.15, 0.2) is 11.6 Å². The fraction of sp³-hybridized carbons (Fsp3) is 0.400. The summed E-state index contributed by atoms with van der Waals surface area (Å²) in [4.78, 5) is 4.96. The largest absolute Gasteiger partial charge is 0.381 e. The predicted molar refractivity (Wildman–Crippen MR) is 200 cm³/mol. The van der Waals surface area contributed by atoms with Gasteiger partial charge in [0, 0.05) is 48.4 Å². The number of hydrogen-bond acceptors (Lipinski definition) is 8. The zero-order valence-electron chi connectivity index (χ0n) is 29.9. The number of nitrogens with one attached hydrogen (secondary N) is 2. The summed E-state index contributed by atoms with van der Waals surface area (Å²) >= 11 is 0. The topological polar surface area (TPSA) is 98.8 Å². The predicted octanol–water partition coefficient (Wildman–Crippen LogP) is 7.44. The van der Waals surface area contributed by atoms with E-state index in [4.69, 9.17) is 0 Å². The minimum Gasteiger partial charge on any atom is -0.381 e. The van der Waals surface area contributed by atoms with Crippen LogP contribution in [0.25, 0.3) is 0 Å². The minimum absolute atomic E-state index is 0.00187. The molecule has 8 rings (SSSR count). The summed E-state index contributed by atoms with van der Waals surface area (Å²) in [6.07, 6.45) is 4.05. The molecule has 4 heterocycles. The normalized spacial score (nSPS) is 22.8. The summed E-state index contributed by atoms with van der Waals surface area (Å²) < 4.78 is 91.8. The molecule has 2 saturated heterocycles. The van der Waals surface area contributed by atoms with E-state index in [-0.39, 0.29) is 25.5 Å². The third-order valence-electron chi connectivity index (χ3n) is 11.3. The molecule has 282 valence electrons. The van der Waals surface area contributed by atoms with Crippen LogP contribution in [0, 0.1) is 17.5 Å². The number of anilines is 2. The molecule has 0 unspecified atom stereocenters. The number of halogens is 3. The molecule has 0 bridgehead atoms. The molecule has 4 aromatic rings. The van der Waals surface area contributed by atoms with Crippen molar-refractivity contribution in [1.82, 2.24) is 9.80 Å². The second-order valence-corrected chi connectivity index (χ2v) is 18.2. The Kier molecular flexibility index (Phi) is 10.6. The lowest BCUT2D eigenvalue weighted by Crippen LogP contribution is -2.25. The van der Waals surface area contributed by atoms with Crippen LogP contribution in [0.3, 0.4) is 0 Å². The summed E-state index contributed by atoms with van der Waals surface area (Å²) in [7, 11) is -7.63. The van der Waals surface area contributed by atoms with Crippen LogP contribution >= 0.6 is 0 Å². The average Bonchev–Trinajstić information content (AvgIpc) is 3.51. The Hall–Kier alpha value is -3.91. The molecule has 4 aromatic carbocycles. The van der Waals surface area contributed by atoms with E-state index < -0.39 is 37.1 Å². The number of likely N-dealkylation sites (tertiary alicyclic amines) is 2. The summed E-state index contributed by atoms with van der Waals surface area (Å²) in [5.74, 6) is -2.19. The van der Waals surface area contributed by atoms with Crippen molar-refractivity contribution in [3.63, 3.8) is 0 Å². The van der Waals surface area contributed by atoms with E-state index in [0.717, 1.165) is 112 Å². The van der Waals surface area contributed by atoms with Gasteiger partial charge in [0.05, 0.1) is 19.6 Å². The van der Waals surface area contributed by atoms with Crippen LogP contribution in [0.2, 0.25) is 0 Å². The van der Waals surface area contributed by atoms with Gasteiger partial charge in [-0.3, -0.25) is 0 Å². The molecular weight excluding hydrogens is 722 g/mol. The lowest BCUT2D eigenvalue weighted by atomic mass is 9.91. The summed E-state index contributed by atoms with van der Waals surface area (Å²) in [5.41, 5.74) is 4.08. The van der Waals surface area contributed by atoms with E-state index in [9.17, 15) is 30.0 Å². The molecule has 0 saturated carbocycles. The Morgan fingerprint density at radius 1 is 0.566 bits per heavy atom. The smallest absolute Gasteiger partial charge is 0.206 e. The number of sulfone groups is 2. The van der Waals surface area contributed by atoms with Crippen molar-refractivity contribution < 1.29 is 30.0 Å². The standard InChI is InChI=1S/C20H22F2N2O2S.C20H23FN2O2S/c1-2-24-9-7-15-16-11-13(4-6-19(16)23-20(15)8-10-24)27(25,26)14-3-5-17(21)18(22)12-14;1-2-23-10-8-17-18-13-16(6-7-19(18)22-20(17)9-11-23)26(24,25)15-5-3-4-14(21)12-15/h3-6,11-12,15,20,23H,2,7-10H2,1H3;3-7,12-13,17,20,22H,2,8-11H2,1H3/t15-,20-;17-,20-/m11/s1. The monoisotopic (exact) mass is 766 g/mol. The number of fused-ring (bicyclic) bond motifs is 6. The number of nitrogens with zero attached hydrogens (tertiary/aromatic N) is 2. The van der Waals surface area contributed by atoms with Crippen molar-refractivity contribution in [2.24, 2.45) is 0 Å². The Bertz CT molecular complexity index is 2220. The maximum atomic E-state index is 13.5. The van der Waals surface area contributed by atoms with Gasteiger partial charge in [-0.15, -0.1) is 0 Å². The molecule has 4 aliphatic heterocycles. The average molecular weight is 767 g/mol. The van der Waals surface area contributed by atoms with E-state index >= 15 is 0 Å². The van der Waals surface area contributed by atoms with Gasteiger partial charge in [-0.25, -0.2) is 30.0 Å². The molecule has 4 aliphatic rings. The molecule has 2 fully saturated rings. The number of benzene rings is 4. The van der Waals surface area contributed by atoms with Gasteiger partial charge < -0.3 is 20.4 Å². The highest BCUT2D eigenvalue weighted by molar-refractivity contribution is 7.91. The van der Waals surface area contributed by atoms with Gasteiger partial charge in [0.25, 0.3) is 0 Å². The minimum atomic E-state index is -3.91. The van der Waals surface area contributed by atoms with Crippen LogP contribution in [0.5, 0.6) is 0 Å². The second kappa shape index (κ2) is 15.1. The van der Waals surface area contributed by atoms with Crippen LogP contribution in [-0.4, -0.2) is 78.0 Å². The second-order valence-electron chi connectivity index (χ2n) is 14.3. The summed E-state index contributed by atoms with van der Waals surface area (Å²) in [6, 6.07) is 18.8. The van der Waals surface area contributed by atoms with E-state index in [2.05, 4.69) is 34.3 Å². The third kappa shape index (κ3) is 7.45. The van der Waals surface area contributed by atoms with E-state index in [1.54, 1.807) is 24.3 Å². The lowest BCUT2D eigenvalue weighted by Gasteiger charge is -2.17. The van der Waals surface area contributed by atoms with Crippen molar-refractivity contribution in [2.45, 2.75) is 83.0 Å². The molecular formula is C40H45F3N4O4S2. The zero-order valence-corrected chi connectivity index (χ0v) is 31.5. The Balaban J connectivity index is 0.000000164. The van der Waals surface area contributed by atoms with Crippen LogP contribution < -0.4 is 10.6 Å². The zero-order chi connectivity index (χ0) is 37.5.